The van der Waals surface area contributed by atoms with Crippen molar-refractivity contribution in [3.8, 4) is 0 Å². The maximum Gasteiger partial charge on any atom is 0.268 e. The molecule has 5 heteroatoms. The van der Waals surface area contributed by atoms with E-state index in [4.69, 9.17) is 11.6 Å². The van der Waals surface area contributed by atoms with Crippen LogP contribution in [0, 0.1) is 0 Å². The lowest BCUT2D eigenvalue weighted by molar-refractivity contribution is -0.117. The number of nitrogens with two attached hydrogens (primary N) is 2. The van der Waals surface area contributed by atoms with Gasteiger partial charge in [0.2, 0.25) is 0 Å². The van der Waals surface area contributed by atoms with E-state index in [1.165, 1.54) is 0 Å². The number of carbonyl (C=O) groups is 1. The summed E-state index contributed by atoms with van der Waals surface area (Å²) in [5.41, 5.74) is 8.92. The summed E-state index contributed by atoms with van der Waals surface area (Å²) in [6.07, 6.45) is 0. The summed E-state index contributed by atoms with van der Waals surface area (Å²) in [6.45, 7) is 5.86. The van der Waals surface area contributed by atoms with Gasteiger partial charge in [0.25, 0.3) is 5.91 Å². The van der Waals surface area contributed by atoms with Crippen LogP contribution in [0.3, 0.4) is 0 Å². The van der Waals surface area contributed by atoms with Crippen molar-refractivity contribution in [3.05, 3.63) is 11.3 Å². The van der Waals surface area contributed by atoms with E-state index in [2.05, 4.69) is 4.99 Å². The molecule has 0 aromatic rings. The van der Waals surface area contributed by atoms with Crippen molar-refractivity contribution in [2.45, 2.75) is 20.8 Å². The van der Waals surface area contributed by atoms with E-state index in [9.17, 15) is 4.79 Å². The highest BCUT2D eigenvalue weighted by atomic mass is 16.2. The third-order valence-corrected chi connectivity index (χ3v) is 1.51. The van der Waals surface area contributed by atoms with Gasteiger partial charge in [0.05, 0.1) is 5.57 Å². The Morgan fingerprint density at radius 2 is 2.00 bits per heavy atom. The monoisotopic (exact) mass is 184 g/mol. The Bertz CT molecular complexity index is 251. The Morgan fingerprint density at radius 1 is 1.46 bits per heavy atom. The molecule has 0 atom stereocenters. The van der Waals surface area contributed by atoms with Gasteiger partial charge in [-0.2, -0.15) is 0 Å². The minimum atomic E-state index is -0.408. The third kappa shape index (κ3) is 3.25. The number of carbonyl (C=O) groups excluding carboxylic acids is 1. The van der Waals surface area contributed by atoms with Crippen LogP contribution in [-0.4, -0.2) is 18.2 Å². The maximum absolute atomic E-state index is 11.2. The van der Waals surface area contributed by atoms with Gasteiger partial charge in [-0.05, 0) is 20.8 Å². The molecule has 0 rings (SSSR count). The van der Waals surface area contributed by atoms with Crippen molar-refractivity contribution in [1.29, 1.82) is 0 Å². The third-order valence-electron chi connectivity index (χ3n) is 1.51. The quantitative estimate of drug-likeness (QED) is 0.185. The summed E-state index contributed by atoms with van der Waals surface area (Å²) >= 11 is 0. The SMILES string of the molecule is CCN=C(C)C(C(=O)NN)=C(C)N. The molecule has 5 N–H and O–H groups in total. The van der Waals surface area contributed by atoms with Gasteiger partial charge in [0.1, 0.15) is 0 Å². The highest BCUT2D eigenvalue weighted by Crippen LogP contribution is 2.02. The first-order valence-corrected chi connectivity index (χ1v) is 4.03. The van der Waals surface area contributed by atoms with Crippen molar-refractivity contribution in [2.24, 2.45) is 16.6 Å². The van der Waals surface area contributed by atoms with Crippen molar-refractivity contribution in [3.63, 3.8) is 0 Å². The number of aliphatic imine (C=N–C) groups is 1. The molecule has 0 aromatic heterocycles. The van der Waals surface area contributed by atoms with Crippen LogP contribution in [0.25, 0.3) is 0 Å². The van der Waals surface area contributed by atoms with E-state index in [1.807, 2.05) is 12.3 Å². The summed E-state index contributed by atoms with van der Waals surface area (Å²) in [4.78, 5) is 15.3. The number of nitrogens with zero attached hydrogens (tertiary/aromatic N) is 1. The zero-order chi connectivity index (χ0) is 10.4. The van der Waals surface area contributed by atoms with Crippen LogP contribution in [0.4, 0.5) is 0 Å². The molecule has 0 heterocycles. The van der Waals surface area contributed by atoms with Crippen molar-refractivity contribution >= 4 is 11.6 Å². The summed E-state index contributed by atoms with van der Waals surface area (Å²) in [6, 6.07) is 0. The van der Waals surface area contributed by atoms with E-state index in [-0.39, 0.29) is 0 Å². The lowest BCUT2D eigenvalue weighted by Crippen LogP contribution is -2.34. The number of rotatable bonds is 3. The van der Waals surface area contributed by atoms with Gasteiger partial charge in [0, 0.05) is 18.0 Å². The minimum Gasteiger partial charge on any atom is -0.402 e. The van der Waals surface area contributed by atoms with Gasteiger partial charge >= 0.3 is 0 Å². The minimum absolute atomic E-state index is 0.351. The second kappa shape index (κ2) is 5.31. The van der Waals surface area contributed by atoms with Gasteiger partial charge in [-0.3, -0.25) is 15.2 Å². The molecule has 0 aromatic carbocycles. The first-order chi connectivity index (χ1) is 6.04. The Balaban J connectivity index is 4.96. The summed E-state index contributed by atoms with van der Waals surface area (Å²) < 4.78 is 0. The first-order valence-electron chi connectivity index (χ1n) is 4.03. The van der Waals surface area contributed by atoms with Crippen LogP contribution in [-0.2, 0) is 4.79 Å². The Hall–Kier alpha value is -1.36. The molecule has 74 valence electrons. The van der Waals surface area contributed by atoms with E-state index in [0.717, 1.165) is 0 Å². The fraction of sp³-hybridized carbons (Fsp3) is 0.500. The second-order valence-corrected chi connectivity index (χ2v) is 2.59. The summed E-state index contributed by atoms with van der Waals surface area (Å²) in [5.74, 6) is 4.59. The molecule has 0 saturated carbocycles. The maximum atomic E-state index is 11.2. The molecule has 0 unspecified atom stereocenters. The molecule has 0 saturated heterocycles. The van der Waals surface area contributed by atoms with Crippen molar-refractivity contribution in [2.75, 3.05) is 6.54 Å². The molecule has 0 spiro atoms. The molecule has 1 amide bonds. The number of hydrazine groups is 1. The lowest BCUT2D eigenvalue weighted by Gasteiger charge is -2.07. The largest absolute Gasteiger partial charge is 0.402 e. The lowest BCUT2D eigenvalue weighted by atomic mass is 10.1. The number of amides is 1. The molecule has 0 aliphatic rings. The van der Waals surface area contributed by atoms with Gasteiger partial charge in [-0.25, -0.2) is 5.84 Å². The summed E-state index contributed by atoms with van der Waals surface area (Å²) in [7, 11) is 0. The number of allylic oxidation sites excluding steroid dienone is 1. The molecule has 5 nitrogen and oxygen atoms in total. The van der Waals surface area contributed by atoms with Crippen molar-refractivity contribution < 1.29 is 4.79 Å². The van der Waals surface area contributed by atoms with Crippen LogP contribution in [0.1, 0.15) is 20.8 Å². The second-order valence-electron chi connectivity index (χ2n) is 2.59. The zero-order valence-electron chi connectivity index (χ0n) is 8.22. The average molecular weight is 184 g/mol. The standard InChI is InChI=1S/C8H16N4O/c1-4-11-6(3)7(5(2)9)8(13)12-10/h4,9-10H2,1-3H3,(H,12,13). The predicted molar refractivity (Wildman–Crippen MR) is 52.9 cm³/mol. The topological polar surface area (TPSA) is 93.5 Å². The van der Waals surface area contributed by atoms with Gasteiger partial charge in [-0.1, -0.05) is 0 Å². The van der Waals surface area contributed by atoms with Crippen LogP contribution in [0.5, 0.6) is 0 Å². The van der Waals surface area contributed by atoms with Crippen LogP contribution < -0.4 is 17.0 Å². The molecule has 0 radical (unpaired) electrons. The van der Waals surface area contributed by atoms with Gasteiger partial charge in [-0.15, -0.1) is 0 Å². The van der Waals surface area contributed by atoms with E-state index in [0.29, 0.717) is 23.5 Å². The predicted octanol–water partition coefficient (Wildman–Crippen LogP) is -0.310. The van der Waals surface area contributed by atoms with E-state index >= 15 is 0 Å². The van der Waals surface area contributed by atoms with Crippen LogP contribution in [0.2, 0.25) is 0 Å². The Kier molecular flexibility index (Phi) is 4.76. The smallest absolute Gasteiger partial charge is 0.268 e. The van der Waals surface area contributed by atoms with Crippen LogP contribution >= 0.6 is 0 Å². The molecule has 0 fully saturated rings. The fourth-order valence-electron chi connectivity index (χ4n) is 1.02. The highest BCUT2D eigenvalue weighted by Gasteiger charge is 2.12. The molecule has 0 aliphatic heterocycles. The number of nitrogens with one attached hydrogen (secondary N) is 1. The Labute approximate surface area is 77.9 Å². The zero-order valence-corrected chi connectivity index (χ0v) is 8.22. The first kappa shape index (κ1) is 11.6. The Morgan fingerprint density at radius 3 is 2.31 bits per heavy atom. The summed E-state index contributed by atoms with van der Waals surface area (Å²) in [5, 5.41) is 0. The molecule has 13 heavy (non-hydrogen) atoms. The molecular weight excluding hydrogens is 168 g/mol. The number of hydrogen-bond donors (Lipinski definition) is 3. The average Bonchev–Trinajstić information content (AvgIpc) is 2.04. The van der Waals surface area contributed by atoms with Crippen LogP contribution in [0.15, 0.2) is 16.3 Å². The molecule has 0 bridgehead atoms. The number of hydrogen-bond acceptors (Lipinski definition) is 4. The van der Waals surface area contributed by atoms with Gasteiger partial charge < -0.3 is 5.73 Å². The normalized spacial score (nSPS) is 13.7. The fourth-order valence-corrected chi connectivity index (χ4v) is 1.02. The molecular formula is C8H16N4O. The van der Waals surface area contributed by atoms with Gasteiger partial charge in [0.15, 0.2) is 0 Å². The highest BCUT2D eigenvalue weighted by molar-refractivity contribution is 6.21. The van der Waals surface area contributed by atoms with E-state index < -0.39 is 5.91 Å². The molecule has 0 aliphatic carbocycles. The van der Waals surface area contributed by atoms with E-state index in [1.54, 1.807) is 13.8 Å². The van der Waals surface area contributed by atoms with Crippen molar-refractivity contribution in [1.82, 2.24) is 5.43 Å².